The van der Waals surface area contributed by atoms with E-state index < -0.39 is 56.5 Å². The Hall–Kier alpha value is -3.87. The number of likely N-dealkylation sites (N-methyl/N-ethyl adjacent to an activating group) is 1. The van der Waals surface area contributed by atoms with Gasteiger partial charge >= 0.3 is 0 Å². The molecule has 2 amide bonds. The van der Waals surface area contributed by atoms with Crippen molar-refractivity contribution in [3.05, 3.63) is 30.9 Å². The van der Waals surface area contributed by atoms with Gasteiger partial charge in [0.15, 0.2) is 11.6 Å². The van der Waals surface area contributed by atoms with Gasteiger partial charge in [-0.2, -0.15) is 4.98 Å². The first-order valence-corrected chi connectivity index (χ1v) is 15.6. The van der Waals surface area contributed by atoms with Crippen molar-refractivity contribution in [2.45, 2.75) is 49.0 Å². The van der Waals surface area contributed by atoms with E-state index in [4.69, 9.17) is 19.2 Å². The molecule has 224 valence electrons. The summed E-state index contributed by atoms with van der Waals surface area (Å²) in [6.07, 6.45) is 3.50. The number of rotatable bonds is 10. The summed E-state index contributed by atoms with van der Waals surface area (Å²) in [5.74, 6) is -0.842. The number of carbonyl (C=O) groups is 3. The zero-order valence-corrected chi connectivity index (χ0v) is 24.3. The maximum absolute atomic E-state index is 13.5. The van der Waals surface area contributed by atoms with Gasteiger partial charge in [-0.05, 0) is 50.3 Å². The highest BCUT2D eigenvalue weighted by Gasteiger charge is 2.61. The number of aromatic nitrogens is 1. The van der Waals surface area contributed by atoms with Crippen LogP contribution in [0.1, 0.15) is 32.1 Å². The third-order valence-electron chi connectivity index (χ3n) is 8.75. The van der Waals surface area contributed by atoms with Crippen LogP contribution in [0.25, 0.3) is 10.8 Å². The largest absolute Gasteiger partial charge is 0.497 e. The SMILES string of the molecule is C=C[C@@H]1C[C@]1(NC(=O)[C@@H]1C[C@@H](Oc2nc3c(c4cc(OC)ccc24)OCCN3C)CC1C=O)C(=O)NS(=O)(=O)C1CC1. The van der Waals surface area contributed by atoms with Crippen LogP contribution in [0.5, 0.6) is 17.4 Å². The van der Waals surface area contributed by atoms with Gasteiger partial charge in [0.05, 0.1) is 24.8 Å². The molecule has 42 heavy (non-hydrogen) atoms. The number of hydrogen-bond acceptors (Lipinski definition) is 10. The van der Waals surface area contributed by atoms with Crippen LogP contribution >= 0.6 is 0 Å². The zero-order chi connectivity index (χ0) is 29.8. The summed E-state index contributed by atoms with van der Waals surface area (Å²) in [4.78, 5) is 45.4. The predicted octanol–water partition coefficient (Wildman–Crippen LogP) is 1.71. The van der Waals surface area contributed by atoms with E-state index >= 15 is 0 Å². The van der Waals surface area contributed by atoms with Crippen LogP contribution in [-0.4, -0.2) is 75.7 Å². The normalized spacial score (nSPS) is 28.3. The molecular weight excluding hydrogens is 564 g/mol. The van der Waals surface area contributed by atoms with Gasteiger partial charge in [0.1, 0.15) is 30.3 Å². The van der Waals surface area contributed by atoms with Crippen LogP contribution in [-0.2, 0) is 24.4 Å². The van der Waals surface area contributed by atoms with Gasteiger partial charge in [0.25, 0.3) is 5.91 Å². The topological polar surface area (TPSA) is 153 Å². The fourth-order valence-corrected chi connectivity index (χ4v) is 7.35. The summed E-state index contributed by atoms with van der Waals surface area (Å²) in [6, 6.07) is 5.50. The van der Waals surface area contributed by atoms with Crippen molar-refractivity contribution in [1.82, 2.24) is 15.0 Å². The molecule has 1 unspecified atom stereocenters. The van der Waals surface area contributed by atoms with Gasteiger partial charge in [0.2, 0.25) is 21.8 Å². The van der Waals surface area contributed by atoms with Gasteiger partial charge in [-0.1, -0.05) is 6.08 Å². The maximum atomic E-state index is 13.5. The molecule has 6 rings (SSSR count). The minimum absolute atomic E-state index is 0.217. The number of sulfonamides is 1. The van der Waals surface area contributed by atoms with E-state index in [9.17, 15) is 22.8 Å². The highest BCUT2D eigenvalue weighted by atomic mass is 32.2. The molecule has 12 nitrogen and oxygen atoms in total. The minimum Gasteiger partial charge on any atom is -0.497 e. The molecule has 2 heterocycles. The quantitative estimate of drug-likeness (QED) is 0.305. The molecule has 1 aliphatic heterocycles. The van der Waals surface area contributed by atoms with Crippen LogP contribution in [0.3, 0.4) is 0 Å². The van der Waals surface area contributed by atoms with Crippen molar-refractivity contribution in [2.24, 2.45) is 17.8 Å². The summed E-state index contributed by atoms with van der Waals surface area (Å²) in [5, 5.41) is 3.68. The molecule has 3 aliphatic carbocycles. The number of anilines is 1. The first kappa shape index (κ1) is 28.3. The van der Waals surface area contributed by atoms with Crippen molar-refractivity contribution in [2.75, 3.05) is 32.2 Å². The molecular formula is C29H34N4O8S. The smallest absolute Gasteiger partial charge is 0.259 e. The van der Waals surface area contributed by atoms with Gasteiger partial charge in [-0.25, -0.2) is 8.42 Å². The summed E-state index contributed by atoms with van der Waals surface area (Å²) >= 11 is 0. The second kappa shape index (κ2) is 10.4. The molecule has 2 aromatic rings. The highest BCUT2D eigenvalue weighted by Crippen LogP contribution is 2.47. The van der Waals surface area contributed by atoms with E-state index in [1.165, 1.54) is 6.08 Å². The number of nitrogens with one attached hydrogen (secondary N) is 2. The van der Waals surface area contributed by atoms with Crippen molar-refractivity contribution in [3.63, 3.8) is 0 Å². The average molecular weight is 599 g/mol. The van der Waals surface area contributed by atoms with Gasteiger partial charge in [-0.15, -0.1) is 6.58 Å². The number of nitrogens with zero attached hydrogens (tertiary/aromatic N) is 2. The van der Waals surface area contributed by atoms with Gasteiger partial charge < -0.3 is 29.2 Å². The fraction of sp³-hybridized carbons (Fsp3) is 0.517. The molecule has 4 aliphatic rings. The number of fused-ring (bicyclic) bond motifs is 3. The van der Waals surface area contributed by atoms with Crippen LogP contribution in [0.15, 0.2) is 30.9 Å². The van der Waals surface area contributed by atoms with Crippen LogP contribution < -0.4 is 29.1 Å². The first-order chi connectivity index (χ1) is 20.1. The zero-order valence-electron chi connectivity index (χ0n) is 23.5. The molecule has 1 aromatic heterocycles. The Kier molecular flexibility index (Phi) is 7.03. The molecule has 1 aromatic carbocycles. The summed E-state index contributed by atoms with van der Waals surface area (Å²) in [6.45, 7) is 4.89. The van der Waals surface area contributed by atoms with Crippen molar-refractivity contribution in [1.29, 1.82) is 0 Å². The standard InChI is InChI=1S/C29H34N4O8S/c1-4-17-14-29(17,28(36)32-42(37,38)20-6-7-20)31-26(35)22-13-19(11-16(22)15-34)41-27-21-8-5-18(39-3)12-23(21)24-25(30-27)33(2)9-10-40-24/h4-5,8,12,15-17,19-20,22H,1,6-7,9-11,13-14H2,2-3H3,(H,31,35)(H,32,36)/t16?,17-,19+,22-,29-/m1/s1. The number of methoxy groups -OCH3 is 1. The molecule has 0 radical (unpaired) electrons. The average Bonchev–Trinajstić information content (AvgIpc) is 3.90. The van der Waals surface area contributed by atoms with E-state index in [1.54, 1.807) is 13.2 Å². The second-order valence-corrected chi connectivity index (χ2v) is 13.5. The van der Waals surface area contributed by atoms with Crippen molar-refractivity contribution < 1.29 is 37.0 Å². The Morgan fingerprint density at radius 3 is 2.69 bits per heavy atom. The number of ether oxygens (including phenoxy) is 3. The minimum atomic E-state index is -3.80. The number of benzene rings is 1. The number of hydrogen-bond donors (Lipinski definition) is 2. The van der Waals surface area contributed by atoms with E-state index in [0.717, 1.165) is 11.7 Å². The lowest BCUT2D eigenvalue weighted by Crippen LogP contribution is -2.54. The maximum Gasteiger partial charge on any atom is 0.259 e. The first-order valence-electron chi connectivity index (χ1n) is 14.1. The van der Waals surface area contributed by atoms with Crippen molar-refractivity contribution >= 4 is 44.7 Å². The lowest BCUT2D eigenvalue weighted by molar-refractivity contribution is -0.133. The summed E-state index contributed by atoms with van der Waals surface area (Å²) in [7, 11) is -0.296. The fourth-order valence-electron chi connectivity index (χ4n) is 5.99. The molecule has 13 heteroatoms. The predicted molar refractivity (Wildman–Crippen MR) is 153 cm³/mol. The number of amides is 2. The lowest BCUT2D eigenvalue weighted by atomic mass is 9.96. The van der Waals surface area contributed by atoms with E-state index in [2.05, 4.69) is 16.6 Å². The molecule has 0 spiro atoms. The van der Waals surface area contributed by atoms with Gasteiger partial charge in [0, 0.05) is 29.7 Å². The third kappa shape index (κ3) is 4.93. The second-order valence-electron chi connectivity index (χ2n) is 11.6. The molecule has 5 atom stereocenters. The van der Waals surface area contributed by atoms with E-state index in [1.807, 2.05) is 24.1 Å². The lowest BCUT2D eigenvalue weighted by Gasteiger charge is -2.28. The van der Waals surface area contributed by atoms with E-state index in [0.29, 0.717) is 54.6 Å². The monoisotopic (exact) mass is 598 g/mol. The highest BCUT2D eigenvalue weighted by molar-refractivity contribution is 7.91. The summed E-state index contributed by atoms with van der Waals surface area (Å²) in [5.41, 5.74) is -1.41. The Morgan fingerprint density at radius 1 is 1.24 bits per heavy atom. The summed E-state index contributed by atoms with van der Waals surface area (Å²) < 4.78 is 44.7. The molecule has 3 fully saturated rings. The number of aldehydes is 1. The number of pyridine rings is 1. The number of carbonyl (C=O) groups excluding carboxylic acids is 3. The van der Waals surface area contributed by atoms with Gasteiger partial charge in [-0.3, -0.25) is 14.3 Å². The molecule has 0 saturated heterocycles. The molecule has 2 N–H and O–H groups in total. The molecule has 0 bridgehead atoms. The third-order valence-corrected chi connectivity index (χ3v) is 10.6. The van der Waals surface area contributed by atoms with Crippen LogP contribution in [0.2, 0.25) is 0 Å². The van der Waals surface area contributed by atoms with Crippen LogP contribution in [0.4, 0.5) is 5.82 Å². The Balaban J connectivity index is 1.22. The van der Waals surface area contributed by atoms with Crippen molar-refractivity contribution in [3.8, 4) is 17.4 Å². The Bertz CT molecular complexity index is 1570. The Morgan fingerprint density at radius 2 is 2.02 bits per heavy atom. The molecule has 3 saturated carbocycles. The van der Waals surface area contributed by atoms with E-state index in [-0.39, 0.29) is 19.3 Å². The Labute approximate surface area is 243 Å². The van der Waals surface area contributed by atoms with Crippen LogP contribution in [0, 0.1) is 17.8 Å².